The van der Waals surface area contributed by atoms with Gasteiger partial charge in [-0.25, -0.2) is 0 Å². The van der Waals surface area contributed by atoms with Crippen LogP contribution in [0.5, 0.6) is 0 Å². The normalized spacial score (nSPS) is 11.3. The highest BCUT2D eigenvalue weighted by molar-refractivity contribution is 6.07. The molecular formula is C52H35NO. The minimum atomic E-state index is 0.863. The molecule has 0 saturated heterocycles. The Labute approximate surface area is 314 Å². The second-order valence-corrected chi connectivity index (χ2v) is 13.7. The van der Waals surface area contributed by atoms with Crippen LogP contribution in [0.2, 0.25) is 0 Å². The summed E-state index contributed by atoms with van der Waals surface area (Å²) in [5.74, 6) is 0. The first-order chi connectivity index (χ1) is 26.8. The molecule has 9 aromatic carbocycles. The van der Waals surface area contributed by atoms with Gasteiger partial charge in [-0.3, -0.25) is 0 Å². The molecule has 54 heavy (non-hydrogen) atoms. The quantitative estimate of drug-likeness (QED) is 0.166. The lowest BCUT2D eigenvalue weighted by molar-refractivity contribution is 0.669. The maximum atomic E-state index is 6.46. The van der Waals surface area contributed by atoms with E-state index in [1.54, 1.807) is 0 Å². The largest absolute Gasteiger partial charge is 0.456 e. The maximum Gasteiger partial charge on any atom is 0.137 e. The van der Waals surface area contributed by atoms with Crippen molar-refractivity contribution in [2.75, 3.05) is 4.90 Å². The van der Waals surface area contributed by atoms with E-state index in [-0.39, 0.29) is 0 Å². The SMILES string of the molecule is c1ccc(-c2cc3ccccc3cc2N(c2ccc(-c3c(-c4ccccc4)cccc3-c3ccccc3)cc2)c2ccc3c(c2)oc2ccccc23)cc1. The Morgan fingerprint density at radius 3 is 1.48 bits per heavy atom. The lowest BCUT2D eigenvalue weighted by Crippen LogP contribution is -2.11. The number of benzene rings is 9. The van der Waals surface area contributed by atoms with Crippen LogP contribution in [-0.4, -0.2) is 0 Å². The van der Waals surface area contributed by atoms with Crippen molar-refractivity contribution in [3.05, 3.63) is 212 Å². The minimum Gasteiger partial charge on any atom is -0.456 e. The van der Waals surface area contributed by atoms with Crippen LogP contribution in [-0.2, 0) is 0 Å². The van der Waals surface area contributed by atoms with Gasteiger partial charge in [0.1, 0.15) is 11.2 Å². The van der Waals surface area contributed by atoms with Crippen molar-refractivity contribution >= 4 is 49.8 Å². The molecule has 0 radical (unpaired) electrons. The number of hydrogen-bond acceptors (Lipinski definition) is 2. The molecule has 0 fully saturated rings. The van der Waals surface area contributed by atoms with Gasteiger partial charge in [0.15, 0.2) is 0 Å². The molecule has 10 rings (SSSR count). The fourth-order valence-corrected chi connectivity index (χ4v) is 7.90. The van der Waals surface area contributed by atoms with E-state index in [4.69, 9.17) is 4.42 Å². The zero-order chi connectivity index (χ0) is 35.8. The minimum absolute atomic E-state index is 0.863. The van der Waals surface area contributed by atoms with E-state index in [2.05, 4.69) is 205 Å². The first kappa shape index (κ1) is 31.6. The number of fused-ring (bicyclic) bond motifs is 4. The first-order valence-electron chi connectivity index (χ1n) is 18.4. The van der Waals surface area contributed by atoms with Crippen molar-refractivity contribution in [2.24, 2.45) is 0 Å². The van der Waals surface area contributed by atoms with Gasteiger partial charge in [-0.05, 0) is 92.2 Å². The molecule has 0 spiro atoms. The smallest absolute Gasteiger partial charge is 0.137 e. The highest BCUT2D eigenvalue weighted by Gasteiger charge is 2.21. The lowest BCUT2D eigenvalue weighted by Gasteiger charge is -2.29. The summed E-state index contributed by atoms with van der Waals surface area (Å²) in [6.45, 7) is 0. The summed E-state index contributed by atoms with van der Waals surface area (Å²) in [6, 6.07) is 76.0. The molecule has 0 saturated carbocycles. The Morgan fingerprint density at radius 2 is 0.833 bits per heavy atom. The lowest BCUT2D eigenvalue weighted by atomic mass is 9.87. The fraction of sp³-hybridized carbons (Fsp3) is 0. The van der Waals surface area contributed by atoms with Gasteiger partial charge in [-0.15, -0.1) is 0 Å². The molecule has 0 aliphatic carbocycles. The monoisotopic (exact) mass is 689 g/mol. The van der Waals surface area contributed by atoms with E-state index >= 15 is 0 Å². The van der Waals surface area contributed by atoms with Crippen LogP contribution in [0.4, 0.5) is 17.1 Å². The maximum absolute atomic E-state index is 6.46. The average molecular weight is 690 g/mol. The van der Waals surface area contributed by atoms with Crippen molar-refractivity contribution in [3.63, 3.8) is 0 Å². The molecule has 2 heteroatoms. The Hall–Kier alpha value is -7.16. The van der Waals surface area contributed by atoms with Crippen molar-refractivity contribution < 1.29 is 4.42 Å². The molecule has 254 valence electrons. The Balaban J connectivity index is 1.20. The predicted octanol–water partition coefficient (Wildman–Crippen LogP) is 14.9. The van der Waals surface area contributed by atoms with Gasteiger partial charge in [0.2, 0.25) is 0 Å². The van der Waals surface area contributed by atoms with Gasteiger partial charge in [-0.2, -0.15) is 0 Å². The van der Waals surface area contributed by atoms with Gasteiger partial charge < -0.3 is 9.32 Å². The molecule has 10 aromatic rings. The van der Waals surface area contributed by atoms with E-state index in [1.807, 2.05) is 12.1 Å². The number of para-hydroxylation sites is 1. The van der Waals surface area contributed by atoms with Gasteiger partial charge >= 0.3 is 0 Å². The molecule has 1 heterocycles. The molecule has 0 amide bonds. The second-order valence-electron chi connectivity index (χ2n) is 13.7. The second kappa shape index (κ2) is 13.4. The third-order valence-corrected chi connectivity index (χ3v) is 10.5. The summed E-state index contributed by atoms with van der Waals surface area (Å²) < 4.78 is 6.46. The van der Waals surface area contributed by atoms with Crippen LogP contribution < -0.4 is 4.90 Å². The van der Waals surface area contributed by atoms with Gasteiger partial charge in [-0.1, -0.05) is 164 Å². The average Bonchev–Trinajstić information content (AvgIpc) is 3.62. The van der Waals surface area contributed by atoms with E-state index in [9.17, 15) is 0 Å². The third-order valence-electron chi connectivity index (χ3n) is 10.5. The molecule has 2 nitrogen and oxygen atoms in total. The Morgan fingerprint density at radius 1 is 0.315 bits per heavy atom. The molecule has 0 N–H and O–H groups in total. The van der Waals surface area contributed by atoms with Crippen molar-refractivity contribution in [1.82, 2.24) is 0 Å². The van der Waals surface area contributed by atoms with Gasteiger partial charge in [0.05, 0.1) is 5.69 Å². The van der Waals surface area contributed by atoms with Gasteiger partial charge in [0.25, 0.3) is 0 Å². The predicted molar refractivity (Wildman–Crippen MR) is 228 cm³/mol. The van der Waals surface area contributed by atoms with Crippen LogP contribution in [0.1, 0.15) is 0 Å². The third kappa shape index (κ3) is 5.62. The summed E-state index contributed by atoms with van der Waals surface area (Å²) in [7, 11) is 0. The molecule has 0 aliphatic rings. The van der Waals surface area contributed by atoms with Crippen LogP contribution >= 0.6 is 0 Å². The molecule has 0 bridgehead atoms. The zero-order valence-electron chi connectivity index (χ0n) is 29.6. The summed E-state index contributed by atoms with van der Waals surface area (Å²) in [5.41, 5.74) is 14.4. The van der Waals surface area contributed by atoms with E-state index in [0.717, 1.165) is 55.7 Å². The summed E-state index contributed by atoms with van der Waals surface area (Å²) in [4.78, 5) is 2.38. The Kier molecular flexibility index (Phi) is 7.85. The van der Waals surface area contributed by atoms with Crippen molar-refractivity contribution in [3.8, 4) is 44.5 Å². The van der Waals surface area contributed by atoms with Crippen LogP contribution in [0, 0.1) is 0 Å². The first-order valence-corrected chi connectivity index (χ1v) is 18.4. The topological polar surface area (TPSA) is 16.4 Å². The van der Waals surface area contributed by atoms with E-state index < -0.39 is 0 Å². The van der Waals surface area contributed by atoms with E-state index in [1.165, 1.54) is 38.6 Å². The highest BCUT2D eigenvalue weighted by atomic mass is 16.3. The molecule has 0 atom stereocenters. The van der Waals surface area contributed by atoms with E-state index in [0.29, 0.717) is 0 Å². The summed E-state index contributed by atoms with van der Waals surface area (Å²) >= 11 is 0. The molecule has 0 aliphatic heterocycles. The number of anilines is 3. The zero-order valence-corrected chi connectivity index (χ0v) is 29.6. The summed E-state index contributed by atoms with van der Waals surface area (Å²) in [5, 5.41) is 4.62. The number of nitrogens with zero attached hydrogens (tertiary/aromatic N) is 1. The fourth-order valence-electron chi connectivity index (χ4n) is 7.90. The van der Waals surface area contributed by atoms with Crippen LogP contribution in [0.15, 0.2) is 217 Å². The molecule has 0 unspecified atom stereocenters. The van der Waals surface area contributed by atoms with Gasteiger partial charge in [0, 0.05) is 33.8 Å². The van der Waals surface area contributed by atoms with Crippen molar-refractivity contribution in [2.45, 2.75) is 0 Å². The molecular weight excluding hydrogens is 655 g/mol. The Bertz CT molecular complexity index is 2850. The molecule has 1 aromatic heterocycles. The number of furan rings is 1. The summed E-state index contributed by atoms with van der Waals surface area (Å²) in [6.07, 6.45) is 0. The van der Waals surface area contributed by atoms with Crippen molar-refractivity contribution in [1.29, 1.82) is 0 Å². The highest BCUT2D eigenvalue weighted by Crippen LogP contribution is 2.46. The number of hydrogen-bond donors (Lipinski definition) is 0. The standard InChI is InChI=1S/C52H35NO/c1-4-15-36(16-5-1)44-24-14-25-45(37-17-6-2-7-18-37)52(44)39-27-29-42(30-28-39)53(43-31-32-47-46-23-12-13-26-50(46)54-51(47)35-43)49-34-41-22-11-10-21-40(41)33-48(49)38-19-8-3-9-20-38/h1-35H. The number of rotatable bonds is 7. The van der Waals surface area contributed by atoms with Crippen LogP contribution in [0.3, 0.4) is 0 Å². The van der Waals surface area contributed by atoms with Crippen LogP contribution in [0.25, 0.3) is 77.2 Å².